The van der Waals surface area contributed by atoms with E-state index in [1.165, 1.54) is 18.4 Å². The van der Waals surface area contributed by atoms with Crippen molar-refractivity contribution in [1.29, 1.82) is 5.26 Å². The van der Waals surface area contributed by atoms with Crippen molar-refractivity contribution in [1.82, 2.24) is 25.1 Å². The summed E-state index contributed by atoms with van der Waals surface area (Å²) in [7, 11) is 1.83. The smallest absolute Gasteiger partial charge is 0.251 e. The van der Waals surface area contributed by atoms with E-state index in [0.29, 0.717) is 23.3 Å². The summed E-state index contributed by atoms with van der Waals surface area (Å²) in [5.74, 6) is 1.81. The lowest BCUT2D eigenvalue weighted by Crippen LogP contribution is -2.55. The summed E-state index contributed by atoms with van der Waals surface area (Å²) in [5, 5.41) is 20.2. The van der Waals surface area contributed by atoms with E-state index < -0.39 is 0 Å². The van der Waals surface area contributed by atoms with E-state index in [-0.39, 0.29) is 23.7 Å². The number of fused-ring (bicyclic) bond motifs is 2. The number of aromatic nitrogens is 4. The first kappa shape index (κ1) is 21.6. The molecular formula is C26H28N8O. The second-order valence-corrected chi connectivity index (χ2v) is 9.82. The topological polar surface area (TPSA) is 112 Å². The Bertz CT molecular complexity index is 1290. The minimum atomic E-state index is -0.0208. The number of hydrogen-bond acceptors (Lipinski definition) is 7. The Morgan fingerprint density at radius 2 is 1.89 bits per heavy atom. The van der Waals surface area contributed by atoms with Crippen LogP contribution in [0.25, 0.3) is 0 Å². The van der Waals surface area contributed by atoms with Crippen molar-refractivity contribution >= 4 is 23.2 Å². The number of anilines is 3. The minimum Gasteiger partial charge on any atom is -0.347 e. The SMILES string of the molecule is Cn1cc(Nc2nc(N3C4CCC(NC(=O)c5ccc(C6CC6)cc5)C3CC4)cnc2C#N)cn1. The molecule has 3 aromatic rings. The van der Waals surface area contributed by atoms with E-state index in [4.69, 9.17) is 4.98 Å². The molecule has 6 rings (SSSR count). The Morgan fingerprint density at radius 1 is 1.09 bits per heavy atom. The molecule has 2 bridgehead atoms. The molecule has 3 unspecified atom stereocenters. The molecule has 9 heteroatoms. The Balaban J connectivity index is 1.21. The monoisotopic (exact) mass is 468 g/mol. The lowest BCUT2D eigenvalue weighted by atomic mass is 9.96. The molecule has 3 atom stereocenters. The number of aryl methyl sites for hydroxylation is 1. The molecule has 9 nitrogen and oxygen atoms in total. The van der Waals surface area contributed by atoms with Gasteiger partial charge in [-0.2, -0.15) is 10.4 Å². The Kier molecular flexibility index (Phi) is 5.36. The van der Waals surface area contributed by atoms with E-state index in [1.807, 2.05) is 25.4 Å². The molecule has 2 aromatic heterocycles. The lowest BCUT2D eigenvalue weighted by molar-refractivity contribution is 0.0924. The predicted molar refractivity (Wildman–Crippen MR) is 131 cm³/mol. The molecule has 1 aromatic carbocycles. The number of nitriles is 1. The van der Waals surface area contributed by atoms with Gasteiger partial charge in [0.15, 0.2) is 11.5 Å². The van der Waals surface area contributed by atoms with Gasteiger partial charge < -0.3 is 15.5 Å². The molecule has 35 heavy (non-hydrogen) atoms. The van der Waals surface area contributed by atoms with Gasteiger partial charge in [-0.25, -0.2) is 9.97 Å². The number of hydrogen-bond donors (Lipinski definition) is 2. The van der Waals surface area contributed by atoms with Gasteiger partial charge in [-0.15, -0.1) is 0 Å². The molecule has 2 aliphatic heterocycles. The normalized spacial score (nSPS) is 23.1. The van der Waals surface area contributed by atoms with Crippen molar-refractivity contribution in [3.8, 4) is 6.07 Å². The number of nitrogens with zero attached hydrogens (tertiary/aromatic N) is 6. The summed E-state index contributed by atoms with van der Waals surface area (Å²) in [6.07, 6.45) is 11.7. The van der Waals surface area contributed by atoms with Crippen LogP contribution in [-0.2, 0) is 7.05 Å². The zero-order chi connectivity index (χ0) is 23.9. The maximum absolute atomic E-state index is 13.1. The zero-order valence-corrected chi connectivity index (χ0v) is 19.7. The van der Waals surface area contributed by atoms with E-state index in [2.05, 4.69) is 43.8 Å². The predicted octanol–water partition coefficient (Wildman–Crippen LogP) is 3.63. The van der Waals surface area contributed by atoms with Gasteiger partial charge in [-0.3, -0.25) is 9.48 Å². The summed E-state index contributed by atoms with van der Waals surface area (Å²) in [6, 6.07) is 10.7. The molecule has 0 radical (unpaired) electrons. The largest absolute Gasteiger partial charge is 0.347 e. The van der Waals surface area contributed by atoms with Crippen LogP contribution in [0, 0.1) is 11.3 Å². The molecule has 2 saturated heterocycles. The summed E-state index contributed by atoms with van der Waals surface area (Å²) in [5.41, 5.74) is 3.03. The average Bonchev–Trinajstić information content (AvgIpc) is 3.57. The van der Waals surface area contributed by atoms with Crippen molar-refractivity contribution in [3.05, 3.63) is 59.7 Å². The van der Waals surface area contributed by atoms with Crippen LogP contribution >= 0.6 is 0 Å². The average molecular weight is 469 g/mol. The van der Waals surface area contributed by atoms with Crippen molar-refractivity contribution in [2.75, 3.05) is 10.2 Å². The molecule has 1 aliphatic carbocycles. The van der Waals surface area contributed by atoms with Gasteiger partial charge in [-0.1, -0.05) is 12.1 Å². The van der Waals surface area contributed by atoms with Gasteiger partial charge in [0.25, 0.3) is 5.91 Å². The Labute approximate surface area is 204 Å². The first-order valence-electron chi connectivity index (χ1n) is 12.3. The molecule has 2 N–H and O–H groups in total. The quantitative estimate of drug-likeness (QED) is 0.568. The maximum atomic E-state index is 13.1. The van der Waals surface area contributed by atoms with Gasteiger partial charge >= 0.3 is 0 Å². The van der Waals surface area contributed by atoms with Crippen LogP contribution in [-0.4, -0.2) is 43.8 Å². The molecule has 3 aliphatic rings. The van der Waals surface area contributed by atoms with Gasteiger partial charge in [0.2, 0.25) is 0 Å². The van der Waals surface area contributed by atoms with Crippen molar-refractivity contribution in [3.63, 3.8) is 0 Å². The first-order chi connectivity index (χ1) is 17.1. The fourth-order valence-corrected chi connectivity index (χ4v) is 5.55. The van der Waals surface area contributed by atoms with Crippen molar-refractivity contribution in [2.45, 2.75) is 62.6 Å². The molecule has 178 valence electrons. The van der Waals surface area contributed by atoms with Crippen molar-refractivity contribution < 1.29 is 4.79 Å². The van der Waals surface area contributed by atoms with E-state index in [1.54, 1.807) is 17.1 Å². The number of benzene rings is 1. The van der Waals surface area contributed by atoms with Gasteiger partial charge in [-0.05, 0) is 62.1 Å². The fraction of sp³-hybridized carbons (Fsp3) is 0.423. The Morgan fingerprint density at radius 3 is 2.60 bits per heavy atom. The standard InChI is InChI=1S/C26H28N8O/c1-33-15-19(13-29-33)30-25-22(12-27)28-14-24(32-25)34-20-8-10-21(23(34)11-9-20)31-26(35)18-6-4-17(5-7-18)16-2-3-16/h4-7,13-16,20-21,23H,2-3,8-11H2,1H3,(H,30,32)(H,31,35). The van der Waals surface area contributed by atoms with Crippen LogP contribution in [0.2, 0.25) is 0 Å². The van der Waals surface area contributed by atoms with Crippen LogP contribution in [0.5, 0.6) is 0 Å². The first-order valence-corrected chi connectivity index (χ1v) is 12.3. The summed E-state index contributed by atoms with van der Waals surface area (Å²) in [6.45, 7) is 0. The Hall–Kier alpha value is -3.93. The molecule has 1 saturated carbocycles. The number of carbonyl (C=O) groups excluding carboxylic acids is 1. The van der Waals surface area contributed by atoms with Crippen LogP contribution in [0.1, 0.15) is 66.1 Å². The van der Waals surface area contributed by atoms with Crippen molar-refractivity contribution in [2.24, 2.45) is 7.05 Å². The van der Waals surface area contributed by atoms with Crippen LogP contribution in [0.3, 0.4) is 0 Å². The number of nitrogens with one attached hydrogen (secondary N) is 2. The van der Waals surface area contributed by atoms with E-state index >= 15 is 0 Å². The van der Waals surface area contributed by atoms with Crippen LogP contribution in [0.4, 0.5) is 17.3 Å². The highest BCUT2D eigenvalue weighted by Gasteiger charge is 2.44. The third-order valence-corrected chi connectivity index (χ3v) is 7.46. The third-order valence-electron chi connectivity index (χ3n) is 7.46. The van der Waals surface area contributed by atoms with Gasteiger partial charge in [0, 0.05) is 30.9 Å². The van der Waals surface area contributed by atoms with E-state index in [0.717, 1.165) is 37.2 Å². The molecule has 1 amide bonds. The lowest BCUT2D eigenvalue weighted by Gasteiger charge is -2.41. The molecule has 3 fully saturated rings. The zero-order valence-electron chi connectivity index (χ0n) is 19.7. The molecule has 0 spiro atoms. The summed E-state index contributed by atoms with van der Waals surface area (Å²) < 4.78 is 1.68. The number of rotatable bonds is 6. The molecular weight excluding hydrogens is 440 g/mol. The third kappa shape index (κ3) is 4.20. The highest BCUT2D eigenvalue weighted by Crippen LogP contribution is 2.40. The minimum absolute atomic E-state index is 0.0208. The van der Waals surface area contributed by atoms with Gasteiger partial charge in [0.05, 0.1) is 24.1 Å². The number of amides is 1. The fourth-order valence-electron chi connectivity index (χ4n) is 5.55. The highest BCUT2D eigenvalue weighted by atomic mass is 16.1. The second kappa shape index (κ2) is 8.69. The van der Waals surface area contributed by atoms with Crippen LogP contribution in [0.15, 0.2) is 42.9 Å². The summed E-state index contributed by atoms with van der Waals surface area (Å²) >= 11 is 0. The number of carbonyl (C=O) groups is 1. The maximum Gasteiger partial charge on any atom is 0.251 e. The van der Waals surface area contributed by atoms with E-state index in [9.17, 15) is 10.1 Å². The number of piperidine rings is 1. The van der Waals surface area contributed by atoms with Gasteiger partial charge in [0.1, 0.15) is 11.9 Å². The molecule has 4 heterocycles. The summed E-state index contributed by atoms with van der Waals surface area (Å²) in [4.78, 5) is 24.5. The second-order valence-electron chi connectivity index (χ2n) is 9.82. The highest BCUT2D eigenvalue weighted by molar-refractivity contribution is 5.94. The van der Waals surface area contributed by atoms with Crippen LogP contribution < -0.4 is 15.5 Å².